The van der Waals surface area contributed by atoms with Crippen LogP contribution in [-0.4, -0.2) is 47.0 Å². The molecule has 1 unspecified atom stereocenters. The summed E-state index contributed by atoms with van der Waals surface area (Å²) < 4.78 is 25.7. The summed E-state index contributed by atoms with van der Waals surface area (Å²) in [7, 11) is 2.15. The molecule has 120 valence electrons. The second-order valence-electron chi connectivity index (χ2n) is 5.96. The molecule has 0 spiro atoms. The topological polar surface area (TPSA) is 61.4 Å². The van der Waals surface area contributed by atoms with Gasteiger partial charge < -0.3 is 10.2 Å². The van der Waals surface area contributed by atoms with Crippen LogP contribution in [0.4, 0.5) is 5.69 Å². The maximum atomic E-state index is 11.7. The molecule has 1 aromatic carbocycles. The average molecular weight is 313 g/mol. The Morgan fingerprint density at radius 2 is 1.71 bits per heavy atom. The Morgan fingerprint density at radius 1 is 1.14 bits per heavy atom. The molecular weight excluding hydrogens is 286 g/mol. The number of nitrogens with zero attached hydrogens (tertiary/aromatic N) is 1. The van der Waals surface area contributed by atoms with Crippen LogP contribution >= 0.6 is 0 Å². The van der Waals surface area contributed by atoms with Crippen molar-refractivity contribution in [1.29, 1.82) is 0 Å². The zero-order chi connectivity index (χ0) is 16.0. The number of rotatable bonds is 8. The van der Waals surface area contributed by atoms with Crippen LogP contribution < -0.4 is 10.0 Å². The van der Waals surface area contributed by atoms with E-state index >= 15 is 0 Å². The summed E-state index contributed by atoms with van der Waals surface area (Å²) in [6, 6.07) is 7.21. The van der Waals surface area contributed by atoms with Gasteiger partial charge in [0.2, 0.25) is 10.0 Å². The molecule has 0 aliphatic rings. The smallest absolute Gasteiger partial charge is 0.240 e. The number of anilines is 1. The quantitative estimate of drug-likeness (QED) is 0.770. The molecule has 5 nitrogen and oxygen atoms in total. The number of hydrogen-bond donors (Lipinski definition) is 2. The summed E-state index contributed by atoms with van der Waals surface area (Å²) in [6.45, 7) is 5.34. The minimum atomic E-state index is -3.37. The summed E-state index contributed by atoms with van der Waals surface area (Å²) in [5.74, 6) is 0.603. The molecule has 6 heteroatoms. The summed E-state index contributed by atoms with van der Waals surface area (Å²) >= 11 is 0. The van der Waals surface area contributed by atoms with Gasteiger partial charge in [-0.25, -0.2) is 13.1 Å². The average Bonchev–Trinajstić information content (AvgIpc) is 2.37. The van der Waals surface area contributed by atoms with Crippen molar-refractivity contribution in [3.05, 3.63) is 24.3 Å². The highest BCUT2D eigenvalue weighted by atomic mass is 32.2. The summed E-state index contributed by atoms with van der Waals surface area (Å²) in [6.07, 6.45) is 1.06. The van der Waals surface area contributed by atoms with Gasteiger partial charge in [0.1, 0.15) is 0 Å². The molecule has 0 heterocycles. The maximum Gasteiger partial charge on any atom is 0.240 e. The van der Waals surface area contributed by atoms with Crippen LogP contribution in [0.15, 0.2) is 29.2 Å². The monoisotopic (exact) mass is 313 g/mol. The molecule has 0 amide bonds. The third-order valence-electron chi connectivity index (χ3n) is 3.15. The highest BCUT2D eigenvalue weighted by Gasteiger charge is 2.14. The third-order valence-corrected chi connectivity index (χ3v) is 4.58. The fraction of sp³-hybridized carbons (Fsp3) is 0.600. The van der Waals surface area contributed by atoms with E-state index in [0.29, 0.717) is 12.0 Å². The van der Waals surface area contributed by atoms with Gasteiger partial charge in [-0.1, -0.05) is 13.8 Å². The summed E-state index contributed by atoms with van der Waals surface area (Å²) in [5.41, 5.74) is 0.942. The molecule has 0 aliphatic heterocycles. The molecule has 0 saturated heterocycles. The number of nitrogens with one attached hydrogen (secondary N) is 2. The van der Waals surface area contributed by atoms with E-state index < -0.39 is 10.0 Å². The first-order chi connectivity index (χ1) is 9.74. The summed E-state index contributed by atoms with van der Waals surface area (Å²) in [4.78, 5) is 2.43. The minimum absolute atomic E-state index is 0.281. The number of hydrogen-bond acceptors (Lipinski definition) is 4. The molecular formula is C15H27N3O2S. The lowest BCUT2D eigenvalue weighted by Gasteiger charge is -2.25. The zero-order valence-electron chi connectivity index (χ0n) is 13.6. The minimum Gasteiger partial charge on any atom is -0.381 e. The van der Waals surface area contributed by atoms with Gasteiger partial charge in [0, 0.05) is 18.3 Å². The van der Waals surface area contributed by atoms with E-state index in [0.717, 1.165) is 18.7 Å². The van der Waals surface area contributed by atoms with Crippen molar-refractivity contribution in [1.82, 2.24) is 9.62 Å². The van der Waals surface area contributed by atoms with Crippen molar-refractivity contribution >= 4 is 15.7 Å². The Kier molecular flexibility index (Phi) is 6.64. The van der Waals surface area contributed by atoms with Crippen LogP contribution in [0, 0.1) is 5.92 Å². The SMILES string of the molecule is CNS(=O)(=O)c1ccc(NC(CC(C)C)CN(C)C)cc1. The van der Waals surface area contributed by atoms with E-state index in [4.69, 9.17) is 0 Å². The van der Waals surface area contributed by atoms with Gasteiger partial charge in [0.15, 0.2) is 0 Å². The fourth-order valence-corrected chi connectivity index (χ4v) is 3.00. The lowest BCUT2D eigenvalue weighted by Crippen LogP contribution is -2.33. The molecule has 0 aliphatic carbocycles. The first-order valence-electron chi connectivity index (χ1n) is 7.19. The predicted molar refractivity (Wildman–Crippen MR) is 88.1 cm³/mol. The van der Waals surface area contributed by atoms with Gasteiger partial charge in [-0.05, 0) is 57.7 Å². The highest BCUT2D eigenvalue weighted by Crippen LogP contribution is 2.17. The molecule has 0 radical (unpaired) electrons. The van der Waals surface area contributed by atoms with Crippen molar-refractivity contribution in [3.8, 4) is 0 Å². The molecule has 1 rings (SSSR count). The fourth-order valence-electron chi connectivity index (χ4n) is 2.27. The van der Waals surface area contributed by atoms with Gasteiger partial charge in [-0.3, -0.25) is 0 Å². The van der Waals surface area contributed by atoms with Gasteiger partial charge in [0.25, 0.3) is 0 Å². The molecule has 21 heavy (non-hydrogen) atoms. The van der Waals surface area contributed by atoms with E-state index in [2.05, 4.69) is 42.9 Å². The lowest BCUT2D eigenvalue weighted by molar-refractivity contribution is 0.356. The van der Waals surface area contributed by atoms with Crippen molar-refractivity contribution in [3.63, 3.8) is 0 Å². The lowest BCUT2D eigenvalue weighted by atomic mass is 10.0. The van der Waals surface area contributed by atoms with Gasteiger partial charge in [-0.2, -0.15) is 0 Å². The van der Waals surface area contributed by atoms with Crippen molar-refractivity contribution < 1.29 is 8.42 Å². The number of benzene rings is 1. The second-order valence-corrected chi connectivity index (χ2v) is 7.85. The van der Waals surface area contributed by atoms with Crippen LogP contribution in [0.5, 0.6) is 0 Å². The van der Waals surface area contributed by atoms with Crippen LogP contribution in [0.25, 0.3) is 0 Å². The van der Waals surface area contributed by atoms with Crippen molar-refractivity contribution in [2.24, 2.45) is 5.92 Å². The molecule has 0 bridgehead atoms. The Hall–Kier alpha value is -1.11. The van der Waals surface area contributed by atoms with Crippen LogP contribution in [0.2, 0.25) is 0 Å². The van der Waals surface area contributed by atoms with E-state index in [1.54, 1.807) is 12.1 Å². The molecule has 2 N–H and O–H groups in total. The maximum absolute atomic E-state index is 11.7. The first kappa shape index (κ1) is 17.9. The van der Waals surface area contributed by atoms with E-state index in [1.165, 1.54) is 7.05 Å². The van der Waals surface area contributed by atoms with Crippen molar-refractivity contribution in [2.75, 3.05) is 33.0 Å². The zero-order valence-corrected chi connectivity index (χ0v) is 14.4. The summed E-state index contributed by atoms with van der Waals surface area (Å²) in [5, 5.41) is 3.48. The molecule has 0 aromatic heterocycles. The van der Waals surface area contributed by atoms with E-state index in [-0.39, 0.29) is 4.90 Å². The van der Waals surface area contributed by atoms with Crippen LogP contribution in [0.1, 0.15) is 20.3 Å². The molecule has 1 atom stereocenters. The third kappa shape index (κ3) is 6.03. The van der Waals surface area contributed by atoms with Gasteiger partial charge in [0.05, 0.1) is 4.90 Å². The normalized spacial score (nSPS) is 13.7. The molecule has 0 fully saturated rings. The largest absolute Gasteiger partial charge is 0.381 e. The van der Waals surface area contributed by atoms with E-state index in [9.17, 15) is 8.42 Å². The van der Waals surface area contributed by atoms with Gasteiger partial charge >= 0.3 is 0 Å². The Bertz CT molecular complexity index is 514. The Balaban J connectivity index is 2.80. The Labute approximate surface area is 128 Å². The van der Waals surface area contributed by atoms with Crippen molar-refractivity contribution in [2.45, 2.75) is 31.2 Å². The number of likely N-dealkylation sites (N-methyl/N-ethyl adjacent to an activating group) is 1. The standard InChI is InChI=1S/C15H27N3O2S/c1-12(2)10-14(11-18(4)5)17-13-6-8-15(9-7-13)21(19,20)16-3/h6-9,12,14,16-17H,10-11H2,1-5H3. The molecule has 0 saturated carbocycles. The number of sulfonamides is 1. The van der Waals surface area contributed by atoms with Crippen LogP contribution in [0.3, 0.4) is 0 Å². The first-order valence-corrected chi connectivity index (χ1v) is 8.67. The highest BCUT2D eigenvalue weighted by molar-refractivity contribution is 7.89. The van der Waals surface area contributed by atoms with E-state index in [1.807, 2.05) is 12.1 Å². The second kappa shape index (κ2) is 7.77. The van der Waals surface area contributed by atoms with Crippen LogP contribution in [-0.2, 0) is 10.0 Å². The van der Waals surface area contributed by atoms with Gasteiger partial charge in [-0.15, -0.1) is 0 Å². The Morgan fingerprint density at radius 3 is 2.14 bits per heavy atom. The molecule has 1 aromatic rings. The predicted octanol–water partition coefficient (Wildman–Crippen LogP) is 1.98.